The van der Waals surface area contributed by atoms with Crippen LogP contribution in [0, 0.1) is 0 Å². The first-order chi connectivity index (χ1) is 9.26. The first-order valence-electron chi connectivity index (χ1n) is 7.04. The molecule has 1 aliphatic rings. The van der Waals surface area contributed by atoms with E-state index < -0.39 is 0 Å². The molecule has 1 N–H and O–H groups in total. The Morgan fingerprint density at radius 2 is 1.95 bits per heavy atom. The van der Waals surface area contributed by atoms with Crippen LogP contribution in [0.25, 0.3) is 0 Å². The smallest absolute Gasteiger partial charge is 0.119 e. The van der Waals surface area contributed by atoms with Crippen molar-refractivity contribution in [1.82, 2.24) is 10.2 Å². The minimum atomic E-state index is 0. The summed E-state index contributed by atoms with van der Waals surface area (Å²) in [5.74, 6) is 0.939. The van der Waals surface area contributed by atoms with Crippen LogP contribution in [0.3, 0.4) is 0 Å². The Morgan fingerprint density at radius 1 is 1.29 bits per heavy atom. The molecule has 0 saturated carbocycles. The van der Waals surface area contributed by atoms with Crippen molar-refractivity contribution in [3.63, 3.8) is 0 Å². The van der Waals surface area contributed by atoms with Gasteiger partial charge in [0.1, 0.15) is 5.75 Å². The van der Waals surface area contributed by atoms with Gasteiger partial charge < -0.3 is 10.1 Å². The Bertz CT molecular complexity index is 415. The number of benzene rings is 1. The van der Waals surface area contributed by atoms with Crippen molar-refractivity contribution >= 4 is 40.7 Å². The van der Waals surface area contributed by atoms with Gasteiger partial charge in [-0.15, -0.1) is 24.8 Å². The predicted octanol–water partition coefficient (Wildman–Crippen LogP) is 4.05. The van der Waals surface area contributed by atoms with Gasteiger partial charge in [-0.1, -0.05) is 29.3 Å². The van der Waals surface area contributed by atoms with E-state index in [4.69, 9.17) is 4.74 Å². The number of nitrogens with zero attached hydrogens (tertiary/aromatic N) is 1. The van der Waals surface area contributed by atoms with E-state index in [1.54, 1.807) is 7.11 Å². The lowest BCUT2D eigenvalue weighted by Crippen LogP contribution is -2.45. The molecule has 1 saturated heterocycles. The molecule has 0 amide bonds. The summed E-state index contributed by atoms with van der Waals surface area (Å²) in [5, 5.41) is 3.42. The highest BCUT2D eigenvalue weighted by molar-refractivity contribution is 9.10. The van der Waals surface area contributed by atoms with E-state index in [1.165, 1.54) is 22.9 Å². The van der Waals surface area contributed by atoms with Crippen molar-refractivity contribution in [3.8, 4) is 5.75 Å². The first kappa shape index (κ1) is 21.0. The lowest BCUT2D eigenvalue weighted by molar-refractivity contribution is 0.164. The number of hydrogen-bond acceptors (Lipinski definition) is 3. The molecular weight excluding hydrogens is 375 g/mol. The summed E-state index contributed by atoms with van der Waals surface area (Å²) < 4.78 is 6.56. The summed E-state index contributed by atoms with van der Waals surface area (Å²) in [6.45, 7) is 6.66. The van der Waals surface area contributed by atoms with Crippen LogP contribution in [0.15, 0.2) is 22.7 Å². The maximum Gasteiger partial charge on any atom is 0.119 e. The third-order valence-corrected chi connectivity index (χ3v) is 4.44. The number of halogens is 3. The molecule has 3 nitrogen and oxygen atoms in total. The highest BCUT2D eigenvalue weighted by Crippen LogP contribution is 2.34. The van der Waals surface area contributed by atoms with Gasteiger partial charge in [-0.3, -0.25) is 4.90 Å². The molecule has 122 valence electrons. The van der Waals surface area contributed by atoms with Crippen LogP contribution >= 0.6 is 40.7 Å². The van der Waals surface area contributed by atoms with Gasteiger partial charge in [-0.2, -0.15) is 0 Å². The predicted molar refractivity (Wildman–Crippen MR) is 97.3 cm³/mol. The number of rotatable bonds is 5. The monoisotopic (exact) mass is 398 g/mol. The van der Waals surface area contributed by atoms with Gasteiger partial charge in [-0.25, -0.2) is 0 Å². The van der Waals surface area contributed by atoms with E-state index in [9.17, 15) is 0 Å². The van der Waals surface area contributed by atoms with Crippen molar-refractivity contribution in [2.75, 3.05) is 33.3 Å². The summed E-state index contributed by atoms with van der Waals surface area (Å²) in [6, 6.07) is 6.76. The number of piperazine rings is 1. The molecule has 21 heavy (non-hydrogen) atoms. The quantitative estimate of drug-likeness (QED) is 0.808. The summed E-state index contributed by atoms with van der Waals surface area (Å²) in [4.78, 5) is 2.58. The molecule has 1 aromatic carbocycles. The van der Waals surface area contributed by atoms with Crippen molar-refractivity contribution in [2.24, 2.45) is 0 Å². The Balaban J connectivity index is 0.00000200. The van der Waals surface area contributed by atoms with Crippen LogP contribution in [0.1, 0.15) is 31.4 Å². The van der Waals surface area contributed by atoms with Crippen LogP contribution in [-0.2, 0) is 0 Å². The van der Waals surface area contributed by atoms with Gasteiger partial charge in [0.2, 0.25) is 0 Å². The van der Waals surface area contributed by atoms with Crippen molar-refractivity contribution < 1.29 is 4.74 Å². The maximum atomic E-state index is 5.37. The number of nitrogens with one attached hydrogen (secondary N) is 1. The lowest BCUT2D eigenvalue weighted by atomic mass is 9.99. The Hall–Kier alpha value is -0.000000000000000222. The molecule has 0 aliphatic carbocycles. The van der Waals surface area contributed by atoms with Crippen LogP contribution in [0.5, 0.6) is 5.75 Å². The Labute approximate surface area is 148 Å². The van der Waals surface area contributed by atoms with E-state index >= 15 is 0 Å². The van der Waals surface area contributed by atoms with Gasteiger partial charge in [0.25, 0.3) is 0 Å². The van der Waals surface area contributed by atoms with E-state index in [0.717, 1.165) is 31.9 Å². The summed E-state index contributed by atoms with van der Waals surface area (Å²) >= 11 is 3.70. The van der Waals surface area contributed by atoms with E-state index in [2.05, 4.69) is 45.2 Å². The summed E-state index contributed by atoms with van der Waals surface area (Å²) in [7, 11) is 1.73. The van der Waals surface area contributed by atoms with E-state index in [0.29, 0.717) is 6.04 Å². The molecule has 2 rings (SSSR count). The fraction of sp³-hybridized carbons (Fsp3) is 0.600. The van der Waals surface area contributed by atoms with Crippen molar-refractivity contribution in [1.29, 1.82) is 0 Å². The molecule has 0 bridgehead atoms. The summed E-state index contributed by atoms with van der Waals surface area (Å²) in [5.41, 5.74) is 1.35. The molecule has 0 aromatic heterocycles. The zero-order valence-electron chi connectivity index (χ0n) is 12.6. The third-order valence-electron chi connectivity index (χ3n) is 3.72. The summed E-state index contributed by atoms with van der Waals surface area (Å²) in [6.07, 6.45) is 2.38. The largest absolute Gasteiger partial charge is 0.497 e. The average molecular weight is 400 g/mol. The van der Waals surface area contributed by atoms with Crippen molar-refractivity contribution in [3.05, 3.63) is 28.2 Å². The number of hydrogen-bond donors (Lipinski definition) is 1. The van der Waals surface area contributed by atoms with E-state index in [1.807, 2.05) is 6.07 Å². The fourth-order valence-corrected chi connectivity index (χ4v) is 3.22. The first-order valence-corrected chi connectivity index (χ1v) is 7.83. The van der Waals surface area contributed by atoms with Crippen molar-refractivity contribution in [2.45, 2.75) is 25.8 Å². The number of ether oxygens (including phenoxy) is 1. The SMILES string of the molecule is CCC[C@H](c1cc(OC)ccc1Br)N1CCNCC1.Cl.Cl. The molecule has 0 unspecified atom stereocenters. The van der Waals surface area contributed by atoms with Gasteiger partial charge in [0.05, 0.1) is 7.11 Å². The van der Waals surface area contributed by atoms with Gasteiger partial charge in [-0.05, 0) is 30.2 Å². The second-order valence-corrected chi connectivity index (χ2v) is 5.83. The molecular formula is C15H25BrCl2N2O. The highest BCUT2D eigenvalue weighted by atomic mass is 79.9. The zero-order valence-corrected chi connectivity index (χ0v) is 15.8. The second-order valence-electron chi connectivity index (χ2n) is 4.98. The Kier molecular flexibility index (Phi) is 10.7. The molecule has 1 atom stereocenters. The second kappa shape index (κ2) is 10.7. The average Bonchev–Trinajstić information content (AvgIpc) is 2.47. The van der Waals surface area contributed by atoms with Gasteiger partial charge in [0, 0.05) is 36.7 Å². The highest BCUT2D eigenvalue weighted by Gasteiger charge is 2.23. The minimum absolute atomic E-state index is 0. The Morgan fingerprint density at radius 3 is 2.52 bits per heavy atom. The minimum Gasteiger partial charge on any atom is -0.497 e. The van der Waals surface area contributed by atoms with Crippen LogP contribution in [-0.4, -0.2) is 38.2 Å². The molecule has 0 radical (unpaired) electrons. The zero-order chi connectivity index (χ0) is 13.7. The molecule has 1 fully saturated rings. The fourth-order valence-electron chi connectivity index (χ4n) is 2.71. The van der Waals surface area contributed by atoms with E-state index in [-0.39, 0.29) is 24.8 Å². The molecule has 6 heteroatoms. The molecule has 0 spiro atoms. The maximum absolute atomic E-state index is 5.37. The lowest BCUT2D eigenvalue weighted by Gasteiger charge is -2.35. The molecule has 1 aliphatic heterocycles. The third kappa shape index (κ3) is 5.61. The standard InChI is InChI=1S/C15H23BrN2O.2ClH/c1-3-4-15(18-9-7-17-8-10-18)13-11-12(19-2)5-6-14(13)16;;/h5-6,11,15,17H,3-4,7-10H2,1-2H3;2*1H/t15-;;/m1../s1. The van der Waals surface area contributed by atoms with Crippen LogP contribution < -0.4 is 10.1 Å². The van der Waals surface area contributed by atoms with Gasteiger partial charge >= 0.3 is 0 Å². The van der Waals surface area contributed by atoms with Crippen LogP contribution in [0.2, 0.25) is 0 Å². The molecule has 1 heterocycles. The van der Waals surface area contributed by atoms with Gasteiger partial charge in [0.15, 0.2) is 0 Å². The topological polar surface area (TPSA) is 24.5 Å². The molecule has 1 aromatic rings. The number of methoxy groups -OCH3 is 1. The van der Waals surface area contributed by atoms with Crippen LogP contribution in [0.4, 0.5) is 0 Å². The normalized spacial score (nSPS) is 16.5.